The van der Waals surface area contributed by atoms with Crippen LogP contribution in [0.1, 0.15) is 6.42 Å². The smallest absolute Gasteiger partial charge is 0.122 e. The maximum absolute atomic E-state index is 5.44. The van der Waals surface area contributed by atoms with Gasteiger partial charge < -0.3 is 9.47 Å². The summed E-state index contributed by atoms with van der Waals surface area (Å²) in [5.74, 6) is 1.65. The van der Waals surface area contributed by atoms with E-state index in [9.17, 15) is 0 Å². The zero-order chi connectivity index (χ0) is 9.52. The molecule has 0 fully saturated rings. The van der Waals surface area contributed by atoms with E-state index in [-0.39, 0.29) is 0 Å². The Bertz CT molecular complexity index is 269. The Morgan fingerprint density at radius 2 is 2.15 bits per heavy atom. The maximum Gasteiger partial charge on any atom is 0.122 e. The predicted octanol–water partition coefficient (Wildman–Crippen LogP) is 2.65. The van der Waals surface area contributed by atoms with Gasteiger partial charge in [-0.3, -0.25) is 0 Å². The van der Waals surface area contributed by atoms with E-state index in [1.54, 1.807) is 7.11 Å². The number of hydrogen-bond donors (Lipinski definition) is 0. The van der Waals surface area contributed by atoms with Crippen molar-refractivity contribution in [2.75, 3.05) is 13.7 Å². The third kappa shape index (κ3) is 3.20. The molecule has 0 radical (unpaired) electrons. The Kier molecular flexibility index (Phi) is 3.89. The molecule has 0 aliphatic carbocycles. The van der Waals surface area contributed by atoms with Crippen LogP contribution < -0.4 is 9.47 Å². The van der Waals surface area contributed by atoms with E-state index in [0.717, 1.165) is 17.9 Å². The summed E-state index contributed by atoms with van der Waals surface area (Å²) in [7, 11) is 1.64. The molecule has 0 unspecified atom stereocenters. The molecule has 70 valence electrons. The molecule has 0 atom stereocenters. The molecule has 1 rings (SSSR count). The van der Waals surface area contributed by atoms with Crippen LogP contribution in [0.15, 0.2) is 36.9 Å². The van der Waals surface area contributed by atoms with E-state index in [0.29, 0.717) is 6.61 Å². The lowest BCUT2D eigenvalue weighted by Crippen LogP contribution is -1.95. The fourth-order valence-electron chi connectivity index (χ4n) is 0.951. The summed E-state index contributed by atoms with van der Waals surface area (Å²) in [6.45, 7) is 4.28. The normalized spacial score (nSPS) is 9.31. The number of benzene rings is 1. The third-order valence-electron chi connectivity index (χ3n) is 1.63. The Morgan fingerprint density at radius 3 is 2.85 bits per heavy atom. The van der Waals surface area contributed by atoms with Crippen molar-refractivity contribution in [3.8, 4) is 11.5 Å². The summed E-state index contributed by atoms with van der Waals surface area (Å²) in [5.41, 5.74) is 0. The van der Waals surface area contributed by atoms with Crippen molar-refractivity contribution in [1.82, 2.24) is 0 Å². The van der Waals surface area contributed by atoms with Gasteiger partial charge in [0.25, 0.3) is 0 Å². The molecule has 0 aromatic heterocycles. The molecule has 1 aromatic rings. The molecule has 0 N–H and O–H groups in total. The molecule has 0 heterocycles. The number of rotatable bonds is 5. The summed E-state index contributed by atoms with van der Waals surface area (Å²) in [5, 5.41) is 0. The maximum atomic E-state index is 5.44. The summed E-state index contributed by atoms with van der Waals surface area (Å²) >= 11 is 0. The van der Waals surface area contributed by atoms with Crippen LogP contribution >= 0.6 is 0 Å². The van der Waals surface area contributed by atoms with Gasteiger partial charge in [-0.05, 0) is 18.6 Å². The van der Waals surface area contributed by atoms with Crippen molar-refractivity contribution in [1.29, 1.82) is 0 Å². The summed E-state index contributed by atoms with van der Waals surface area (Å²) in [4.78, 5) is 0. The quantitative estimate of drug-likeness (QED) is 0.509. The molecule has 2 heteroatoms. The van der Waals surface area contributed by atoms with E-state index in [1.807, 2.05) is 30.3 Å². The van der Waals surface area contributed by atoms with Crippen molar-refractivity contribution >= 4 is 0 Å². The largest absolute Gasteiger partial charge is 0.497 e. The molecule has 0 amide bonds. The minimum atomic E-state index is 0.663. The molecular formula is C11H14O2. The first-order valence-corrected chi connectivity index (χ1v) is 4.24. The summed E-state index contributed by atoms with van der Waals surface area (Å²) in [6, 6.07) is 7.57. The standard InChI is InChI=1S/C11H14O2/c1-3-4-8-13-11-7-5-6-10(9-11)12-2/h3,5-7,9H,1,4,8H2,2H3. The van der Waals surface area contributed by atoms with Crippen molar-refractivity contribution in [2.45, 2.75) is 6.42 Å². The molecule has 0 saturated heterocycles. The first kappa shape index (κ1) is 9.65. The Morgan fingerprint density at radius 1 is 1.38 bits per heavy atom. The first-order chi connectivity index (χ1) is 6.36. The van der Waals surface area contributed by atoms with Gasteiger partial charge in [0.15, 0.2) is 0 Å². The predicted molar refractivity (Wildman–Crippen MR) is 53.3 cm³/mol. The van der Waals surface area contributed by atoms with Gasteiger partial charge in [0.05, 0.1) is 13.7 Å². The minimum Gasteiger partial charge on any atom is -0.497 e. The molecule has 0 saturated carbocycles. The number of methoxy groups -OCH3 is 1. The average Bonchev–Trinajstić information content (AvgIpc) is 2.19. The van der Waals surface area contributed by atoms with Crippen molar-refractivity contribution in [2.24, 2.45) is 0 Å². The second-order valence-corrected chi connectivity index (χ2v) is 2.60. The topological polar surface area (TPSA) is 18.5 Å². The van der Waals surface area contributed by atoms with Crippen molar-refractivity contribution in [3.05, 3.63) is 36.9 Å². The lowest BCUT2D eigenvalue weighted by molar-refractivity contribution is 0.322. The van der Waals surface area contributed by atoms with Crippen LogP contribution in [-0.4, -0.2) is 13.7 Å². The van der Waals surface area contributed by atoms with E-state index < -0.39 is 0 Å². The van der Waals surface area contributed by atoms with Crippen molar-refractivity contribution in [3.63, 3.8) is 0 Å². The molecule has 0 spiro atoms. The molecule has 1 aromatic carbocycles. The Hall–Kier alpha value is -1.44. The van der Waals surface area contributed by atoms with E-state index in [1.165, 1.54) is 0 Å². The minimum absolute atomic E-state index is 0.663. The second kappa shape index (κ2) is 5.25. The van der Waals surface area contributed by atoms with Gasteiger partial charge in [0.1, 0.15) is 11.5 Å². The zero-order valence-electron chi connectivity index (χ0n) is 7.82. The fourth-order valence-corrected chi connectivity index (χ4v) is 0.951. The zero-order valence-corrected chi connectivity index (χ0v) is 7.82. The lowest BCUT2D eigenvalue weighted by atomic mass is 10.3. The summed E-state index contributed by atoms with van der Waals surface area (Å²) in [6.07, 6.45) is 2.69. The molecule has 0 aliphatic rings. The van der Waals surface area contributed by atoms with Gasteiger partial charge in [0.2, 0.25) is 0 Å². The lowest BCUT2D eigenvalue weighted by Gasteiger charge is -2.05. The highest BCUT2D eigenvalue weighted by Crippen LogP contribution is 2.18. The van der Waals surface area contributed by atoms with Crippen LogP contribution in [0.5, 0.6) is 11.5 Å². The summed E-state index contributed by atoms with van der Waals surface area (Å²) < 4.78 is 10.5. The van der Waals surface area contributed by atoms with Gasteiger partial charge in [-0.15, -0.1) is 6.58 Å². The van der Waals surface area contributed by atoms with E-state index in [4.69, 9.17) is 9.47 Å². The monoisotopic (exact) mass is 178 g/mol. The van der Waals surface area contributed by atoms with Crippen LogP contribution in [-0.2, 0) is 0 Å². The molecule has 0 aliphatic heterocycles. The fraction of sp³-hybridized carbons (Fsp3) is 0.273. The molecule has 2 nitrogen and oxygen atoms in total. The van der Waals surface area contributed by atoms with Gasteiger partial charge in [-0.2, -0.15) is 0 Å². The molecule has 13 heavy (non-hydrogen) atoms. The van der Waals surface area contributed by atoms with Crippen LogP contribution in [0.2, 0.25) is 0 Å². The Balaban J connectivity index is 2.50. The highest BCUT2D eigenvalue weighted by atomic mass is 16.5. The van der Waals surface area contributed by atoms with Crippen LogP contribution in [0.4, 0.5) is 0 Å². The van der Waals surface area contributed by atoms with Crippen LogP contribution in [0.25, 0.3) is 0 Å². The van der Waals surface area contributed by atoms with Gasteiger partial charge in [-0.25, -0.2) is 0 Å². The second-order valence-electron chi connectivity index (χ2n) is 2.60. The third-order valence-corrected chi connectivity index (χ3v) is 1.63. The number of ether oxygens (including phenoxy) is 2. The van der Waals surface area contributed by atoms with E-state index >= 15 is 0 Å². The van der Waals surface area contributed by atoms with E-state index in [2.05, 4.69) is 6.58 Å². The van der Waals surface area contributed by atoms with Crippen molar-refractivity contribution < 1.29 is 9.47 Å². The van der Waals surface area contributed by atoms with Gasteiger partial charge in [0, 0.05) is 6.07 Å². The SMILES string of the molecule is C=CCCOc1cccc(OC)c1. The highest BCUT2D eigenvalue weighted by Gasteiger charge is 1.94. The molecular weight excluding hydrogens is 164 g/mol. The number of hydrogen-bond acceptors (Lipinski definition) is 2. The first-order valence-electron chi connectivity index (χ1n) is 4.24. The van der Waals surface area contributed by atoms with Crippen LogP contribution in [0, 0.1) is 0 Å². The average molecular weight is 178 g/mol. The highest BCUT2D eigenvalue weighted by molar-refractivity contribution is 5.32. The van der Waals surface area contributed by atoms with Gasteiger partial charge in [-0.1, -0.05) is 12.1 Å². The Labute approximate surface area is 78.8 Å². The van der Waals surface area contributed by atoms with Gasteiger partial charge >= 0.3 is 0 Å². The molecule has 0 bridgehead atoms. The van der Waals surface area contributed by atoms with Crippen LogP contribution in [0.3, 0.4) is 0 Å².